The molecule has 1 amide bonds. The maximum Gasteiger partial charge on any atom is 0.228 e. The number of hydrogen-bond acceptors (Lipinski definition) is 2. The molecule has 0 aromatic carbocycles. The third-order valence-electron chi connectivity index (χ3n) is 3.18. The van der Waals surface area contributed by atoms with Crippen LogP contribution in [-0.2, 0) is 4.79 Å². The molecule has 0 aromatic heterocycles. The van der Waals surface area contributed by atoms with E-state index in [0.29, 0.717) is 19.0 Å². The third kappa shape index (κ3) is 2.95. The first-order valence-corrected chi connectivity index (χ1v) is 5.71. The van der Waals surface area contributed by atoms with Gasteiger partial charge in [0, 0.05) is 18.0 Å². The van der Waals surface area contributed by atoms with Crippen LogP contribution < -0.4 is 0 Å². The van der Waals surface area contributed by atoms with Gasteiger partial charge in [0.1, 0.15) is 0 Å². The number of nitriles is 1. The van der Waals surface area contributed by atoms with Gasteiger partial charge in [-0.15, -0.1) is 0 Å². The summed E-state index contributed by atoms with van der Waals surface area (Å²) in [4.78, 5) is 14.1. The van der Waals surface area contributed by atoms with E-state index in [2.05, 4.69) is 6.07 Å². The first-order valence-electron chi connectivity index (χ1n) is 5.71. The zero-order chi connectivity index (χ0) is 11.5. The summed E-state index contributed by atoms with van der Waals surface area (Å²) in [5.74, 6) is 0.211. The van der Waals surface area contributed by atoms with Crippen LogP contribution in [0.3, 0.4) is 0 Å². The summed E-state index contributed by atoms with van der Waals surface area (Å²) >= 11 is 0. The standard InChI is InChI=1S/C12H20N2O/c1-4-12(2,3)11(15)14(9-5-8-13)10-6-7-10/h10H,4-7,9H2,1-3H3. The van der Waals surface area contributed by atoms with Crippen LogP contribution >= 0.6 is 0 Å². The highest BCUT2D eigenvalue weighted by molar-refractivity contribution is 5.82. The topological polar surface area (TPSA) is 44.1 Å². The van der Waals surface area contributed by atoms with Crippen LogP contribution in [-0.4, -0.2) is 23.4 Å². The van der Waals surface area contributed by atoms with Gasteiger partial charge in [0.05, 0.1) is 12.5 Å². The lowest BCUT2D eigenvalue weighted by Crippen LogP contribution is -2.42. The molecule has 1 saturated carbocycles. The van der Waals surface area contributed by atoms with E-state index in [1.807, 2.05) is 25.7 Å². The van der Waals surface area contributed by atoms with Crippen LogP contribution in [0.15, 0.2) is 0 Å². The number of amides is 1. The van der Waals surface area contributed by atoms with Gasteiger partial charge in [0.25, 0.3) is 0 Å². The molecule has 1 fully saturated rings. The predicted octanol–water partition coefficient (Wildman–Crippen LogP) is 2.33. The Labute approximate surface area is 92.1 Å². The highest BCUT2D eigenvalue weighted by Crippen LogP contribution is 2.32. The van der Waals surface area contributed by atoms with Crippen molar-refractivity contribution in [3.8, 4) is 6.07 Å². The third-order valence-corrected chi connectivity index (χ3v) is 3.18. The van der Waals surface area contributed by atoms with Crippen molar-refractivity contribution in [3.05, 3.63) is 0 Å². The van der Waals surface area contributed by atoms with Gasteiger partial charge in [-0.2, -0.15) is 5.26 Å². The lowest BCUT2D eigenvalue weighted by Gasteiger charge is -2.30. The molecular weight excluding hydrogens is 188 g/mol. The molecule has 3 heteroatoms. The fraction of sp³-hybridized carbons (Fsp3) is 0.833. The Kier molecular flexibility index (Phi) is 3.73. The van der Waals surface area contributed by atoms with Gasteiger partial charge in [-0.3, -0.25) is 4.79 Å². The number of hydrogen-bond donors (Lipinski definition) is 0. The Morgan fingerprint density at radius 2 is 2.13 bits per heavy atom. The molecule has 0 unspecified atom stereocenters. The fourth-order valence-electron chi connectivity index (χ4n) is 1.55. The van der Waals surface area contributed by atoms with E-state index in [0.717, 1.165) is 19.3 Å². The van der Waals surface area contributed by atoms with Gasteiger partial charge in [-0.1, -0.05) is 20.8 Å². The van der Waals surface area contributed by atoms with Crippen LogP contribution in [0.5, 0.6) is 0 Å². The maximum absolute atomic E-state index is 12.2. The molecule has 1 rings (SSSR count). The van der Waals surface area contributed by atoms with Gasteiger partial charge < -0.3 is 4.90 Å². The molecular formula is C12H20N2O. The second-order valence-corrected chi connectivity index (χ2v) is 4.88. The highest BCUT2D eigenvalue weighted by Gasteiger charge is 2.38. The number of rotatable bonds is 5. The minimum absolute atomic E-state index is 0.211. The molecule has 1 aliphatic rings. The molecule has 0 aromatic rings. The van der Waals surface area contributed by atoms with Gasteiger partial charge >= 0.3 is 0 Å². The average molecular weight is 208 g/mol. The zero-order valence-electron chi connectivity index (χ0n) is 9.92. The van der Waals surface area contributed by atoms with Crippen molar-refractivity contribution < 1.29 is 4.79 Å². The molecule has 0 heterocycles. The Balaban J connectivity index is 2.63. The van der Waals surface area contributed by atoms with Crippen molar-refractivity contribution in [2.75, 3.05) is 6.54 Å². The SMILES string of the molecule is CCC(C)(C)C(=O)N(CCC#N)C1CC1. The lowest BCUT2D eigenvalue weighted by molar-refractivity contribution is -0.141. The van der Waals surface area contributed by atoms with Gasteiger partial charge in [0.2, 0.25) is 5.91 Å². The summed E-state index contributed by atoms with van der Waals surface area (Å²) in [6.45, 7) is 6.60. The van der Waals surface area contributed by atoms with Crippen molar-refractivity contribution in [3.63, 3.8) is 0 Å². The summed E-state index contributed by atoms with van der Waals surface area (Å²) in [5.41, 5.74) is -0.280. The minimum Gasteiger partial charge on any atom is -0.338 e. The van der Waals surface area contributed by atoms with E-state index in [9.17, 15) is 4.79 Å². The Morgan fingerprint density at radius 3 is 2.53 bits per heavy atom. The molecule has 1 aliphatic carbocycles. The van der Waals surface area contributed by atoms with Crippen LogP contribution in [0.1, 0.15) is 46.5 Å². The van der Waals surface area contributed by atoms with Gasteiger partial charge in [-0.25, -0.2) is 0 Å². The first-order chi connectivity index (χ1) is 7.03. The normalized spacial score (nSPS) is 15.9. The Hall–Kier alpha value is -1.04. The number of nitrogens with zero attached hydrogens (tertiary/aromatic N) is 2. The molecule has 3 nitrogen and oxygen atoms in total. The van der Waals surface area contributed by atoms with Crippen molar-refractivity contribution in [2.24, 2.45) is 5.41 Å². The maximum atomic E-state index is 12.2. The second kappa shape index (κ2) is 4.65. The molecule has 0 saturated heterocycles. The Bertz CT molecular complexity index is 274. The summed E-state index contributed by atoms with van der Waals surface area (Å²) in [7, 11) is 0. The number of carbonyl (C=O) groups is 1. The van der Waals surface area contributed by atoms with Crippen LogP contribution in [0.25, 0.3) is 0 Å². The van der Waals surface area contributed by atoms with Crippen LogP contribution in [0, 0.1) is 16.7 Å². The average Bonchev–Trinajstić information content (AvgIpc) is 3.02. The van der Waals surface area contributed by atoms with Gasteiger partial charge in [-0.05, 0) is 19.3 Å². The van der Waals surface area contributed by atoms with Crippen molar-refractivity contribution >= 4 is 5.91 Å². The lowest BCUT2D eigenvalue weighted by atomic mass is 9.88. The van der Waals surface area contributed by atoms with E-state index in [1.165, 1.54) is 0 Å². The summed E-state index contributed by atoms with van der Waals surface area (Å²) in [5, 5.41) is 8.57. The van der Waals surface area contributed by atoms with Crippen molar-refractivity contribution in [2.45, 2.75) is 52.5 Å². The molecule has 0 radical (unpaired) electrons. The van der Waals surface area contributed by atoms with Gasteiger partial charge in [0.15, 0.2) is 0 Å². The Morgan fingerprint density at radius 1 is 1.53 bits per heavy atom. The fourth-order valence-corrected chi connectivity index (χ4v) is 1.55. The molecule has 0 bridgehead atoms. The molecule has 15 heavy (non-hydrogen) atoms. The van der Waals surface area contributed by atoms with E-state index in [-0.39, 0.29) is 11.3 Å². The van der Waals surface area contributed by atoms with E-state index in [4.69, 9.17) is 5.26 Å². The van der Waals surface area contributed by atoms with E-state index in [1.54, 1.807) is 0 Å². The first kappa shape index (κ1) is 12.0. The van der Waals surface area contributed by atoms with E-state index < -0.39 is 0 Å². The molecule has 84 valence electrons. The summed E-state index contributed by atoms with van der Waals surface area (Å²) < 4.78 is 0. The highest BCUT2D eigenvalue weighted by atomic mass is 16.2. The monoisotopic (exact) mass is 208 g/mol. The predicted molar refractivity (Wildman–Crippen MR) is 59.0 cm³/mol. The van der Waals surface area contributed by atoms with Crippen molar-refractivity contribution in [1.29, 1.82) is 5.26 Å². The van der Waals surface area contributed by atoms with Crippen LogP contribution in [0.4, 0.5) is 0 Å². The second-order valence-electron chi connectivity index (χ2n) is 4.88. The zero-order valence-corrected chi connectivity index (χ0v) is 9.92. The van der Waals surface area contributed by atoms with Crippen molar-refractivity contribution in [1.82, 2.24) is 4.90 Å². The molecule has 0 atom stereocenters. The molecule has 0 spiro atoms. The van der Waals surface area contributed by atoms with Crippen LogP contribution in [0.2, 0.25) is 0 Å². The molecule has 0 N–H and O–H groups in total. The minimum atomic E-state index is -0.280. The van der Waals surface area contributed by atoms with E-state index >= 15 is 0 Å². The molecule has 0 aliphatic heterocycles. The smallest absolute Gasteiger partial charge is 0.228 e. The number of carbonyl (C=O) groups excluding carboxylic acids is 1. The largest absolute Gasteiger partial charge is 0.338 e. The quantitative estimate of drug-likeness (QED) is 0.696. The summed E-state index contributed by atoms with van der Waals surface area (Å²) in [6.07, 6.45) is 3.51. The summed E-state index contributed by atoms with van der Waals surface area (Å²) in [6, 6.07) is 2.52.